The number of unbranched alkanes of at least 4 members (excludes halogenated alkanes) is 12. The lowest BCUT2D eigenvalue weighted by Gasteiger charge is -2.35. The second-order valence-electron chi connectivity index (χ2n) is 25.1. The van der Waals surface area contributed by atoms with Crippen molar-refractivity contribution in [3.63, 3.8) is 0 Å². The van der Waals surface area contributed by atoms with Crippen molar-refractivity contribution in [1.29, 1.82) is 0 Å². The molecule has 0 amide bonds. The quantitative estimate of drug-likeness (QED) is 0.0480. The molecular weight excluding hydrogens is 1150 g/mol. The maximum Gasteiger partial charge on any atom is 0.114 e. The number of fused-ring (bicyclic) bond motifs is 7. The lowest BCUT2D eigenvalue weighted by molar-refractivity contribution is 0.666. The fourth-order valence-corrected chi connectivity index (χ4v) is 19.5. The lowest BCUT2D eigenvalue weighted by Crippen LogP contribution is -2.30. The molecule has 13 rings (SSSR count). The highest BCUT2D eigenvalue weighted by Gasteiger charge is 2.53. The van der Waals surface area contributed by atoms with Crippen molar-refractivity contribution in [2.75, 3.05) is 0 Å². The molecule has 0 atom stereocenters. The first-order chi connectivity index (χ1) is 42.8. The minimum atomic E-state index is -0.568. The summed E-state index contributed by atoms with van der Waals surface area (Å²) in [4.78, 5) is 10.5. The molecule has 0 N–H and O–H groups in total. The third-order valence-electron chi connectivity index (χ3n) is 19.2. The summed E-state index contributed by atoms with van der Waals surface area (Å²) in [5.41, 5.74) is 22.8. The van der Waals surface area contributed by atoms with E-state index < -0.39 is 10.8 Å². The standard InChI is InChI=1S/C80H84N2S5/c1-7-11-15-19-23-55-28-36-59(37-29-55)79(60-38-30-56(31-39-60)24-20-16-12-8-2)67-51-66-68(50-65(67)77-69(79)49-54(6)84-77)80(61-40-32-57(33-41-61)25-21-17-13-9-3,62-42-34-58(35-43-62)26-22-18-14-10-4)70-52-74(86-78(66)70)73-48-47-72(85-73)64-45-44-63(71-46-27-53(5)83-71)75-76(64)82-87-81-75/h27-52H,7-26H2,1-6H3. The first-order valence-electron chi connectivity index (χ1n) is 33.0. The second kappa shape index (κ2) is 26.6. The lowest BCUT2D eigenvalue weighted by atomic mass is 9.65. The molecule has 7 heteroatoms. The van der Waals surface area contributed by atoms with E-state index in [-0.39, 0.29) is 0 Å². The van der Waals surface area contributed by atoms with Crippen LogP contribution in [0.5, 0.6) is 0 Å². The van der Waals surface area contributed by atoms with Gasteiger partial charge in [0.25, 0.3) is 0 Å². The van der Waals surface area contributed by atoms with Crippen molar-refractivity contribution in [3.8, 4) is 51.5 Å². The van der Waals surface area contributed by atoms with Crippen molar-refractivity contribution in [2.24, 2.45) is 0 Å². The predicted octanol–water partition coefficient (Wildman–Crippen LogP) is 24.8. The fourth-order valence-electron chi connectivity index (χ4n) is 14.6. The second-order valence-corrected chi connectivity index (χ2v) is 30.3. The van der Waals surface area contributed by atoms with Gasteiger partial charge in [-0.2, -0.15) is 8.75 Å². The topological polar surface area (TPSA) is 25.8 Å². The van der Waals surface area contributed by atoms with Crippen molar-refractivity contribution < 1.29 is 0 Å². The van der Waals surface area contributed by atoms with E-state index in [4.69, 9.17) is 8.75 Å². The van der Waals surface area contributed by atoms with Crippen molar-refractivity contribution in [3.05, 3.63) is 234 Å². The minimum absolute atomic E-state index is 0.507. The van der Waals surface area contributed by atoms with E-state index in [1.54, 1.807) is 0 Å². The van der Waals surface area contributed by atoms with Gasteiger partial charge in [-0.3, -0.25) is 0 Å². The van der Waals surface area contributed by atoms with Gasteiger partial charge in [0, 0.05) is 50.1 Å². The van der Waals surface area contributed by atoms with E-state index in [0.717, 1.165) is 42.3 Å². The largest absolute Gasteiger partial charge is 0.172 e. The normalized spacial score (nSPS) is 13.6. The van der Waals surface area contributed by atoms with E-state index in [2.05, 4.69) is 199 Å². The predicted molar refractivity (Wildman–Crippen MR) is 381 cm³/mol. The Kier molecular flexibility index (Phi) is 18.3. The van der Waals surface area contributed by atoms with Crippen LogP contribution in [0.4, 0.5) is 0 Å². The van der Waals surface area contributed by atoms with Gasteiger partial charge < -0.3 is 0 Å². The molecular formula is C80H84N2S5. The van der Waals surface area contributed by atoms with Crippen LogP contribution in [-0.2, 0) is 36.5 Å². The summed E-state index contributed by atoms with van der Waals surface area (Å²) in [5, 5.41) is 0. The molecule has 0 fully saturated rings. The molecule has 0 unspecified atom stereocenters. The molecule has 444 valence electrons. The number of hydrogen-bond donors (Lipinski definition) is 0. The van der Waals surface area contributed by atoms with Gasteiger partial charge in [-0.25, -0.2) is 0 Å². The van der Waals surface area contributed by atoms with Gasteiger partial charge in [-0.1, -0.05) is 214 Å². The fraction of sp³-hybridized carbons (Fsp3) is 0.350. The zero-order valence-electron chi connectivity index (χ0n) is 52.1. The SMILES string of the molecule is CCCCCCc1ccc(C2(c3ccc(CCCCCC)cc3)c3cc4c(cc3-c3sc(C)cc32)C(c2ccc(CCCCCC)cc2)(c2ccc(CCCCCC)cc2)c2cc(-c3ccc(-c5ccc(-c6ccc(C)s6)c6nsnc56)s3)sc2-4)cc1. The van der Waals surface area contributed by atoms with Crippen LogP contribution in [0, 0.1) is 13.8 Å². The summed E-state index contributed by atoms with van der Waals surface area (Å²) >= 11 is 9.04. The summed E-state index contributed by atoms with van der Waals surface area (Å²) in [6, 6.07) is 64.2. The summed E-state index contributed by atoms with van der Waals surface area (Å²) in [7, 11) is 0. The molecule has 6 aromatic carbocycles. The van der Waals surface area contributed by atoms with E-state index >= 15 is 0 Å². The molecule has 5 heterocycles. The van der Waals surface area contributed by atoms with Crippen LogP contribution >= 0.6 is 57.1 Å². The van der Waals surface area contributed by atoms with Gasteiger partial charge in [-0.05, 0) is 192 Å². The highest BCUT2D eigenvalue weighted by atomic mass is 32.1. The molecule has 87 heavy (non-hydrogen) atoms. The first kappa shape index (κ1) is 59.9. The molecule has 11 aromatic rings. The highest BCUT2D eigenvalue weighted by molar-refractivity contribution is 7.25. The molecule has 0 spiro atoms. The number of thiophene rings is 4. The molecule has 0 aliphatic heterocycles. The Bertz CT molecular complexity index is 4010. The van der Waals surface area contributed by atoms with Gasteiger partial charge in [-0.15, -0.1) is 45.3 Å². The molecule has 2 nitrogen and oxygen atoms in total. The first-order valence-corrected chi connectivity index (χ1v) is 37.0. The van der Waals surface area contributed by atoms with Gasteiger partial charge in [0.2, 0.25) is 0 Å². The number of benzene rings is 6. The van der Waals surface area contributed by atoms with Crippen LogP contribution in [0.25, 0.3) is 62.6 Å². The number of rotatable bonds is 27. The number of nitrogens with zero attached hydrogens (tertiary/aromatic N) is 2. The third kappa shape index (κ3) is 11.3. The summed E-state index contributed by atoms with van der Waals surface area (Å²) in [6.45, 7) is 13.8. The summed E-state index contributed by atoms with van der Waals surface area (Å²) in [5.74, 6) is 0. The number of hydrogen-bond acceptors (Lipinski definition) is 7. The van der Waals surface area contributed by atoms with Crippen LogP contribution in [0.3, 0.4) is 0 Å². The molecule has 2 aliphatic carbocycles. The maximum atomic E-state index is 4.97. The van der Waals surface area contributed by atoms with Crippen LogP contribution in [-0.4, -0.2) is 8.75 Å². The van der Waals surface area contributed by atoms with Gasteiger partial charge in [0.15, 0.2) is 0 Å². The minimum Gasteiger partial charge on any atom is -0.172 e. The summed E-state index contributed by atoms with van der Waals surface area (Å²) in [6.07, 6.45) is 24.7. The number of aryl methyl sites for hydroxylation is 6. The summed E-state index contributed by atoms with van der Waals surface area (Å²) < 4.78 is 9.88. The van der Waals surface area contributed by atoms with E-state index in [1.807, 2.05) is 45.3 Å². The maximum absolute atomic E-state index is 4.97. The van der Waals surface area contributed by atoms with Gasteiger partial charge in [0.05, 0.1) is 22.6 Å². The molecule has 0 bridgehead atoms. The van der Waals surface area contributed by atoms with E-state index in [1.165, 1.54) is 237 Å². The molecule has 0 saturated carbocycles. The Morgan fingerprint density at radius 3 is 1.08 bits per heavy atom. The number of aromatic nitrogens is 2. The van der Waals surface area contributed by atoms with Gasteiger partial charge >= 0.3 is 0 Å². The Morgan fingerprint density at radius 1 is 0.299 bits per heavy atom. The van der Waals surface area contributed by atoms with E-state index in [9.17, 15) is 0 Å². The van der Waals surface area contributed by atoms with Crippen LogP contribution in [0.2, 0.25) is 0 Å². The van der Waals surface area contributed by atoms with Crippen molar-refractivity contribution in [1.82, 2.24) is 8.75 Å². The smallest absolute Gasteiger partial charge is 0.114 e. The average Bonchev–Trinajstić information content (AvgIpc) is 1.52. The highest BCUT2D eigenvalue weighted by Crippen LogP contribution is 2.66. The van der Waals surface area contributed by atoms with Crippen LogP contribution in [0.15, 0.2) is 158 Å². The Morgan fingerprint density at radius 2 is 0.678 bits per heavy atom. The molecule has 2 aliphatic rings. The van der Waals surface area contributed by atoms with Crippen LogP contribution in [0.1, 0.15) is 207 Å². The van der Waals surface area contributed by atoms with Crippen molar-refractivity contribution in [2.45, 2.75) is 181 Å². The van der Waals surface area contributed by atoms with Crippen molar-refractivity contribution >= 4 is 68.1 Å². The zero-order chi connectivity index (χ0) is 59.5. The van der Waals surface area contributed by atoms with Crippen LogP contribution < -0.4 is 0 Å². The monoisotopic (exact) mass is 1230 g/mol. The van der Waals surface area contributed by atoms with Gasteiger partial charge in [0.1, 0.15) is 11.0 Å². The third-order valence-corrected chi connectivity index (χ3v) is 24.3. The molecule has 0 saturated heterocycles. The molecule has 0 radical (unpaired) electrons. The zero-order valence-corrected chi connectivity index (χ0v) is 56.2. The van der Waals surface area contributed by atoms with E-state index in [0.29, 0.717) is 0 Å². The average molecular weight is 1230 g/mol. The Hall–Kier alpha value is -6.06. The molecule has 5 aromatic heterocycles. The Balaban J connectivity index is 1.02. The Labute approximate surface area is 539 Å².